The maximum Gasteiger partial charge on any atom is 0.220 e. The molecule has 0 radical (unpaired) electrons. The molecule has 0 saturated carbocycles. The zero-order chi connectivity index (χ0) is 16.9. The van der Waals surface area contributed by atoms with Crippen molar-refractivity contribution in [2.45, 2.75) is 31.5 Å². The van der Waals surface area contributed by atoms with E-state index in [-0.39, 0.29) is 23.8 Å². The van der Waals surface area contributed by atoms with Gasteiger partial charge in [0.1, 0.15) is 11.6 Å². The van der Waals surface area contributed by atoms with E-state index in [1.54, 1.807) is 25.3 Å². The van der Waals surface area contributed by atoms with E-state index in [0.29, 0.717) is 24.9 Å². The minimum absolute atomic E-state index is 0.0123. The summed E-state index contributed by atoms with van der Waals surface area (Å²) in [4.78, 5) is 11.8. The standard InChI is InChI=1S/C19H21FN2O2/c1-24-14-8-6-13(7-9-14)12-21-17-10-11-18(23)22-19(17)15-4-2-3-5-16(15)20/h2-9,17,19,21H,10-12H2,1H3,(H,22,23)/t17-,19+/m1/s1. The Morgan fingerprint density at radius 2 is 1.96 bits per heavy atom. The van der Waals surface area contributed by atoms with Crippen LogP contribution >= 0.6 is 0 Å². The van der Waals surface area contributed by atoms with Crippen LogP contribution in [0.2, 0.25) is 0 Å². The molecule has 126 valence electrons. The lowest BCUT2D eigenvalue weighted by molar-refractivity contribution is -0.123. The van der Waals surface area contributed by atoms with Crippen molar-refractivity contribution in [3.05, 3.63) is 65.5 Å². The number of carbonyl (C=O) groups excluding carboxylic acids is 1. The number of amides is 1. The summed E-state index contributed by atoms with van der Waals surface area (Å²) in [7, 11) is 1.64. The molecule has 0 spiro atoms. The van der Waals surface area contributed by atoms with Gasteiger partial charge in [-0.3, -0.25) is 4.79 Å². The lowest BCUT2D eigenvalue weighted by Gasteiger charge is -2.33. The predicted octanol–water partition coefficient (Wildman–Crippen LogP) is 2.94. The Morgan fingerprint density at radius 1 is 1.21 bits per heavy atom. The van der Waals surface area contributed by atoms with Crippen molar-refractivity contribution < 1.29 is 13.9 Å². The summed E-state index contributed by atoms with van der Waals surface area (Å²) in [5.74, 6) is 0.486. The largest absolute Gasteiger partial charge is 0.497 e. The second kappa shape index (κ2) is 7.45. The van der Waals surface area contributed by atoms with Crippen LogP contribution in [-0.4, -0.2) is 19.1 Å². The summed E-state index contributed by atoms with van der Waals surface area (Å²) >= 11 is 0. The average Bonchev–Trinajstić information content (AvgIpc) is 2.61. The van der Waals surface area contributed by atoms with Gasteiger partial charge in [-0.05, 0) is 30.2 Å². The molecular weight excluding hydrogens is 307 g/mol. The van der Waals surface area contributed by atoms with Crippen LogP contribution < -0.4 is 15.4 Å². The highest BCUT2D eigenvalue weighted by Crippen LogP contribution is 2.26. The number of methoxy groups -OCH3 is 1. The van der Waals surface area contributed by atoms with Gasteiger partial charge >= 0.3 is 0 Å². The van der Waals surface area contributed by atoms with Crippen molar-refractivity contribution >= 4 is 5.91 Å². The van der Waals surface area contributed by atoms with E-state index < -0.39 is 0 Å². The smallest absolute Gasteiger partial charge is 0.220 e. The quantitative estimate of drug-likeness (QED) is 0.887. The summed E-state index contributed by atoms with van der Waals surface area (Å²) in [5, 5.41) is 6.37. The highest BCUT2D eigenvalue weighted by atomic mass is 19.1. The van der Waals surface area contributed by atoms with Gasteiger partial charge in [0.25, 0.3) is 0 Å². The van der Waals surface area contributed by atoms with Crippen LogP contribution in [-0.2, 0) is 11.3 Å². The van der Waals surface area contributed by atoms with Crippen molar-refractivity contribution in [1.29, 1.82) is 0 Å². The average molecular weight is 328 g/mol. The van der Waals surface area contributed by atoms with Gasteiger partial charge in [-0.1, -0.05) is 30.3 Å². The molecule has 24 heavy (non-hydrogen) atoms. The molecule has 2 atom stereocenters. The number of piperidine rings is 1. The molecule has 5 heteroatoms. The first-order valence-electron chi connectivity index (χ1n) is 8.07. The molecule has 1 aliphatic heterocycles. The van der Waals surface area contributed by atoms with Gasteiger partial charge in [0.05, 0.1) is 13.2 Å². The Bertz CT molecular complexity index is 703. The summed E-state index contributed by atoms with van der Waals surface area (Å²) in [5.41, 5.74) is 1.64. The van der Waals surface area contributed by atoms with Gasteiger partial charge < -0.3 is 15.4 Å². The molecule has 0 aromatic heterocycles. The number of hydrogen-bond acceptors (Lipinski definition) is 3. The van der Waals surface area contributed by atoms with Crippen molar-refractivity contribution in [1.82, 2.24) is 10.6 Å². The summed E-state index contributed by atoms with van der Waals surface area (Å²) in [6.07, 6.45) is 1.13. The van der Waals surface area contributed by atoms with E-state index in [1.807, 2.05) is 24.3 Å². The number of rotatable bonds is 5. The van der Waals surface area contributed by atoms with Crippen LogP contribution in [0.25, 0.3) is 0 Å². The monoisotopic (exact) mass is 328 g/mol. The van der Waals surface area contributed by atoms with Crippen LogP contribution in [0.15, 0.2) is 48.5 Å². The third-order valence-electron chi connectivity index (χ3n) is 4.37. The second-order valence-electron chi connectivity index (χ2n) is 5.94. The fourth-order valence-corrected chi connectivity index (χ4v) is 3.03. The number of ether oxygens (including phenoxy) is 1. The van der Waals surface area contributed by atoms with Crippen LogP contribution in [0.4, 0.5) is 4.39 Å². The minimum atomic E-state index is -0.356. The molecule has 1 saturated heterocycles. The topological polar surface area (TPSA) is 50.4 Å². The van der Waals surface area contributed by atoms with E-state index in [0.717, 1.165) is 11.3 Å². The number of nitrogens with one attached hydrogen (secondary N) is 2. The fourth-order valence-electron chi connectivity index (χ4n) is 3.03. The highest BCUT2D eigenvalue weighted by Gasteiger charge is 2.31. The summed E-state index contributed by atoms with van der Waals surface area (Å²) in [6, 6.07) is 14.0. The van der Waals surface area contributed by atoms with Crippen molar-refractivity contribution in [3.8, 4) is 5.75 Å². The molecule has 2 aromatic carbocycles. The van der Waals surface area contributed by atoms with E-state index in [4.69, 9.17) is 4.74 Å². The number of carbonyl (C=O) groups is 1. The van der Waals surface area contributed by atoms with Crippen LogP contribution in [0, 0.1) is 5.82 Å². The SMILES string of the molecule is COc1ccc(CN[C@@H]2CCC(=O)N[C@H]2c2ccccc2F)cc1. The zero-order valence-electron chi connectivity index (χ0n) is 13.6. The van der Waals surface area contributed by atoms with Gasteiger partial charge in [0.2, 0.25) is 5.91 Å². The maximum absolute atomic E-state index is 14.1. The van der Waals surface area contributed by atoms with Gasteiger partial charge in [0.15, 0.2) is 0 Å². The molecule has 0 aliphatic carbocycles. The fraction of sp³-hybridized carbons (Fsp3) is 0.316. The first-order valence-corrected chi connectivity index (χ1v) is 8.07. The first kappa shape index (κ1) is 16.5. The first-order chi connectivity index (χ1) is 11.7. The molecule has 0 unspecified atom stereocenters. The van der Waals surface area contributed by atoms with Crippen LogP contribution in [0.3, 0.4) is 0 Å². The Morgan fingerprint density at radius 3 is 2.67 bits per heavy atom. The molecule has 1 aliphatic rings. The molecule has 3 rings (SSSR count). The van der Waals surface area contributed by atoms with E-state index in [9.17, 15) is 9.18 Å². The highest BCUT2D eigenvalue weighted by molar-refractivity contribution is 5.77. The molecule has 0 bridgehead atoms. The Kier molecular flexibility index (Phi) is 5.11. The van der Waals surface area contributed by atoms with Gasteiger partial charge in [-0.15, -0.1) is 0 Å². The molecule has 2 aromatic rings. The molecule has 1 fully saturated rings. The number of halogens is 1. The zero-order valence-corrected chi connectivity index (χ0v) is 13.6. The number of hydrogen-bond donors (Lipinski definition) is 2. The molecular formula is C19H21FN2O2. The summed E-state index contributed by atoms with van der Waals surface area (Å²) < 4.78 is 19.3. The third kappa shape index (κ3) is 3.74. The van der Waals surface area contributed by atoms with E-state index in [2.05, 4.69) is 10.6 Å². The minimum Gasteiger partial charge on any atom is -0.497 e. The van der Waals surface area contributed by atoms with Crippen molar-refractivity contribution in [2.24, 2.45) is 0 Å². The van der Waals surface area contributed by atoms with Gasteiger partial charge in [-0.25, -0.2) is 4.39 Å². The Hall–Kier alpha value is -2.40. The van der Waals surface area contributed by atoms with Crippen molar-refractivity contribution in [3.63, 3.8) is 0 Å². The lowest BCUT2D eigenvalue weighted by Crippen LogP contribution is -2.48. The van der Waals surface area contributed by atoms with E-state index >= 15 is 0 Å². The molecule has 1 amide bonds. The second-order valence-corrected chi connectivity index (χ2v) is 5.94. The maximum atomic E-state index is 14.1. The molecule has 4 nitrogen and oxygen atoms in total. The van der Waals surface area contributed by atoms with Crippen LogP contribution in [0.5, 0.6) is 5.75 Å². The normalized spacial score (nSPS) is 20.5. The number of benzene rings is 2. The van der Waals surface area contributed by atoms with Gasteiger partial charge in [-0.2, -0.15) is 0 Å². The van der Waals surface area contributed by atoms with Gasteiger partial charge in [0, 0.05) is 24.6 Å². The van der Waals surface area contributed by atoms with E-state index in [1.165, 1.54) is 6.07 Å². The lowest BCUT2D eigenvalue weighted by atomic mass is 9.91. The van der Waals surface area contributed by atoms with Crippen molar-refractivity contribution in [2.75, 3.05) is 7.11 Å². The summed E-state index contributed by atoms with van der Waals surface area (Å²) in [6.45, 7) is 0.648. The van der Waals surface area contributed by atoms with Crippen LogP contribution in [0.1, 0.15) is 30.0 Å². The molecule has 2 N–H and O–H groups in total. The Labute approximate surface area is 141 Å². The Balaban J connectivity index is 1.72. The molecule has 1 heterocycles. The third-order valence-corrected chi connectivity index (χ3v) is 4.37. The predicted molar refractivity (Wildman–Crippen MR) is 90.1 cm³/mol.